The van der Waals surface area contributed by atoms with Gasteiger partial charge in [0, 0.05) is 11.8 Å². The number of ether oxygens (including phenoxy) is 1. The molecule has 1 spiro atoms. The lowest BCUT2D eigenvalue weighted by molar-refractivity contribution is -0.0925. The first kappa shape index (κ1) is 8.96. The lowest BCUT2D eigenvalue weighted by atomic mass is 9.86. The zero-order valence-electron chi connectivity index (χ0n) is 8.76. The molecule has 1 saturated carbocycles. The maximum atomic E-state index is 11.7. The molecule has 0 aromatic heterocycles. The van der Waals surface area contributed by atoms with Gasteiger partial charge in [0.15, 0.2) is 0 Å². The van der Waals surface area contributed by atoms with Crippen molar-refractivity contribution < 1.29 is 17.3 Å². The summed E-state index contributed by atoms with van der Waals surface area (Å²) >= 11 is 0. The van der Waals surface area contributed by atoms with Crippen LogP contribution in [0.3, 0.4) is 0 Å². The zero-order valence-corrected chi connectivity index (χ0v) is 9.58. The van der Waals surface area contributed by atoms with E-state index >= 15 is 0 Å². The molecule has 0 amide bonds. The number of hydrogen-bond acceptors (Lipinski definition) is 4. The molecule has 6 atom stereocenters. The Bertz CT molecular complexity index is 458. The standard InChI is InChI=1S/C10H14O4S/c1-5-7-10-6(3-4-9(5,2)14-10)8(10)15(11,12)13-7/h5-8H,3-4H2,1-2H3. The molecule has 4 aliphatic rings. The maximum Gasteiger partial charge on any atom is 0.273 e. The number of fused-ring (bicyclic) bond motifs is 2. The number of hydrogen-bond donors (Lipinski definition) is 0. The highest BCUT2D eigenvalue weighted by atomic mass is 32.2. The molecule has 84 valence electrons. The first-order chi connectivity index (χ1) is 6.92. The Morgan fingerprint density at radius 3 is 2.87 bits per heavy atom. The summed E-state index contributed by atoms with van der Waals surface area (Å²) in [6.07, 6.45) is 1.72. The lowest BCUT2D eigenvalue weighted by Crippen LogP contribution is -2.34. The Morgan fingerprint density at radius 1 is 1.40 bits per heavy atom. The van der Waals surface area contributed by atoms with E-state index in [4.69, 9.17) is 8.92 Å². The summed E-state index contributed by atoms with van der Waals surface area (Å²) in [6.45, 7) is 4.14. The van der Waals surface area contributed by atoms with Crippen molar-refractivity contribution >= 4 is 10.1 Å². The minimum absolute atomic E-state index is 0.161. The Morgan fingerprint density at radius 2 is 2.13 bits per heavy atom. The minimum Gasteiger partial charge on any atom is -0.364 e. The summed E-state index contributed by atoms with van der Waals surface area (Å²) in [5, 5.41) is -0.359. The molecule has 0 aromatic carbocycles. The second kappa shape index (κ2) is 2.00. The molecule has 3 heterocycles. The monoisotopic (exact) mass is 230 g/mol. The van der Waals surface area contributed by atoms with Crippen LogP contribution in [0.4, 0.5) is 0 Å². The van der Waals surface area contributed by atoms with Crippen LogP contribution >= 0.6 is 0 Å². The van der Waals surface area contributed by atoms with Crippen LogP contribution in [-0.2, 0) is 19.0 Å². The third-order valence-corrected chi connectivity index (χ3v) is 6.85. The zero-order chi connectivity index (χ0) is 10.6. The van der Waals surface area contributed by atoms with Crippen LogP contribution in [0.15, 0.2) is 0 Å². The van der Waals surface area contributed by atoms with Gasteiger partial charge in [-0.2, -0.15) is 8.42 Å². The first-order valence-corrected chi connectivity index (χ1v) is 7.01. The molecular weight excluding hydrogens is 216 g/mol. The van der Waals surface area contributed by atoms with E-state index in [1.54, 1.807) is 0 Å². The summed E-state index contributed by atoms with van der Waals surface area (Å²) < 4.78 is 34.8. The largest absolute Gasteiger partial charge is 0.364 e. The van der Waals surface area contributed by atoms with E-state index in [0.29, 0.717) is 0 Å². The average Bonchev–Trinajstić information content (AvgIpc) is 2.70. The normalized spacial score (nSPS) is 67.9. The van der Waals surface area contributed by atoms with E-state index in [1.165, 1.54) is 0 Å². The van der Waals surface area contributed by atoms with Crippen LogP contribution in [0.5, 0.6) is 0 Å². The van der Waals surface area contributed by atoms with Crippen molar-refractivity contribution in [2.45, 2.75) is 49.2 Å². The van der Waals surface area contributed by atoms with Gasteiger partial charge in [0.05, 0.1) is 5.60 Å². The van der Waals surface area contributed by atoms with E-state index in [-0.39, 0.29) is 28.8 Å². The van der Waals surface area contributed by atoms with E-state index in [2.05, 4.69) is 13.8 Å². The molecule has 3 aliphatic heterocycles. The Balaban J connectivity index is 1.93. The van der Waals surface area contributed by atoms with Gasteiger partial charge >= 0.3 is 0 Å². The Hall–Kier alpha value is -0.130. The lowest BCUT2D eigenvalue weighted by Gasteiger charge is -2.31. The third kappa shape index (κ3) is 0.699. The van der Waals surface area contributed by atoms with Gasteiger partial charge < -0.3 is 4.74 Å². The van der Waals surface area contributed by atoms with Crippen LogP contribution in [0.1, 0.15) is 26.7 Å². The molecular formula is C10H14O4S. The topological polar surface area (TPSA) is 52.6 Å². The molecule has 4 fully saturated rings. The van der Waals surface area contributed by atoms with Crippen molar-refractivity contribution in [3.05, 3.63) is 0 Å². The number of rotatable bonds is 0. The fourth-order valence-corrected chi connectivity index (χ4v) is 6.29. The molecule has 2 bridgehead atoms. The summed E-state index contributed by atoms with van der Waals surface area (Å²) in [6, 6.07) is 0. The van der Waals surface area contributed by atoms with Gasteiger partial charge in [0.25, 0.3) is 10.1 Å². The van der Waals surface area contributed by atoms with Crippen molar-refractivity contribution in [3.8, 4) is 0 Å². The summed E-state index contributed by atoms with van der Waals surface area (Å²) in [4.78, 5) is 0. The summed E-state index contributed by atoms with van der Waals surface area (Å²) in [5.41, 5.74) is -0.614. The van der Waals surface area contributed by atoms with Gasteiger partial charge in [-0.05, 0) is 19.8 Å². The van der Waals surface area contributed by atoms with Crippen molar-refractivity contribution in [2.24, 2.45) is 11.8 Å². The second-order valence-electron chi connectivity index (χ2n) is 5.63. The Kier molecular flexibility index (Phi) is 1.20. The summed E-state index contributed by atoms with van der Waals surface area (Å²) in [7, 11) is -3.34. The fourth-order valence-electron chi connectivity index (χ4n) is 4.08. The van der Waals surface area contributed by atoms with Gasteiger partial charge in [-0.25, -0.2) is 0 Å². The highest BCUT2D eigenvalue weighted by Crippen LogP contribution is 2.73. The molecule has 0 aromatic rings. The van der Waals surface area contributed by atoms with E-state index in [9.17, 15) is 8.42 Å². The summed E-state index contributed by atoms with van der Waals surface area (Å²) in [5.74, 6) is 0.393. The van der Waals surface area contributed by atoms with Crippen molar-refractivity contribution in [3.63, 3.8) is 0 Å². The smallest absolute Gasteiger partial charge is 0.273 e. The average molecular weight is 230 g/mol. The molecule has 6 unspecified atom stereocenters. The van der Waals surface area contributed by atoms with Crippen LogP contribution in [0.25, 0.3) is 0 Å². The van der Waals surface area contributed by atoms with Crippen LogP contribution < -0.4 is 0 Å². The van der Waals surface area contributed by atoms with Crippen LogP contribution in [-0.4, -0.2) is 31.0 Å². The molecule has 0 radical (unpaired) electrons. The predicted molar refractivity (Wildman–Crippen MR) is 51.7 cm³/mol. The molecule has 5 heteroatoms. The van der Waals surface area contributed by atoms with Gasteiger partial charge in [-0.15, -0.1) is 0 Å². The quantitative estimate of drug-likeness (QED) is 0.574. The maximum absolute atomic E-state index is 11.7. The van der Waals surface area contributed by atoms with Gasteiger partial charge in [0.1, 0.15) is 17.0 Å². The van der Waals surface area contributed by atoms with E-state index in [0.717, 1.165) is 12.8 Å². The molecule has 4 rings (SSSR count). The predicted octanol–water partition coefficient (Wildman–Crippen LogP) is 0.671. The van der Waals surface area contributed by atoms with Crippen molar-refractivity contribution in [2.75, 3.05) is 0 Å². The van der Waals surface area contributed by atoms with Crippen molar-refractivity contribution in [1.82, 2.24) is 0 Å². The van der Waals surface area contributed by atoms with Crippen LogP contribution in [0.2, 0.25) is 0 Å². The fraction of sp³-hybridized carbons (Fsp3) is 1.00. The molecule has 3 saturated heterocycles. The highest BCUT2D eigenvalue weighted by Gasteiger charge is 2.88. The minimum atomic E-state index is -3.34. The molecule has 1 aliphatic carbocycles. The second-order valence-corrected chi connectivity index (χ2v) is 7.32. The Labute approximate surface area is 89.1 Å². The molecule has 4 nitrogen and oxygen atoms in total. The molecule has 0 N–H and O–H groups in total. The van der Waals surface area contributed by atoms with Crippen molar-refractivity contribution in [1.29, 1.82) is 0 Å². The first-order valence-electron chi connectivity index (χ1n) is 5.54. The highest BCUT2D eigenvalue weighted by molar-refractivity contribution is 7.88. The van der Waals surface area contributed by atoms with Gasteiger partial charge in [0.2, 0.25) is 0 Å². The van der Waals surface area contributed by atoms with E-state index < -0.39 is 15.7 Å². The van der Waals surface area contributed by atoms with E-state index in [1.807, 2.05) is 0 Å². The van der Waals surface area contributed by atoms with Crippen LogP contribution in [0, 0.1) is 11.8 Å². The molecule has 15 heavy (non-hydrogen) atoms. The third-order valence-electron chi connectivity index (χ3n) is 5.05. The SMILES string of the molecule is CC1C2OS(=O)(=O)C3C4CCC1(C)OC423. The van der Waals surface area contributed by atoms with Gasteiger partial charge in [-0.1, -0.05) is 6.92 Å². The van der Waals surface area contributed by atoms with Gasteiger partial charge in [-0.3, -0.25) is 4.18 Å².